The molecule has 1 aliphatic rings. The Morgan fingerprint density at radius 3 is 3.06 bits per heavy atom. The number of benzene rings is 1. The number of anilines is 1. The lowest BCUT2D eigenvalue weighted by molar-refractivity contribution is 0.684. The molecule has 18 heavy (non-hydrogen) atoms. The second kappa shape index (κ2) is 5.48. The highest BCUT2D eigenvalue weighted by Gasteiger charge is 2.14. The maximum atomic E-state index is 4.12. The number of aromatic nitrogens is 2. The molecule has 0 radical (unpaired) electrons. The maximum absolute atomic E-state index is 4.12. The monoisotopic (exact) mass is 259 g/mol. The fourth-order valence-corrected chi connectivity index (χ4v) is 3.37. The van der Waals surface area contributed by atoms with Crippen LogP contribution in [-0.4, -0.2) is 27.1 Å². The van der Waals surface area contributed by atoms with E-state index >= 15 is 0 Å². The van der Waals surface area contributed by atoms with Gasteiger partial charge in [0.2, 0.25) is 0 Å². The molecule has 1 aromatic carbocycles. The Balaban J connectivity index is 1.83. The van der Waals surface area contributed by atoms with Gasteiger partial charge < -0.3 is 9.88 Å². The largest absolute Gasteiger partial charge is 0.380 e. The van der Waals surface area contributed by atoms with E-state index in [4.69, 9.17) is 0 Å². The Labute approximate surface area is 112 Å². The molecule has 1 unspecified atom stereocenters. The van der Waals surface area contributed by atoms with Gasteiger partial charge in [0.05, 0.1) is 17.7 Å². The molecule has 1 fully saturated rings. The van der Waals surface area contributed by atoms with Gasteiger partial charge in [-0.15, -0.1) is 0 Å². The molecule has 2 heterocycles. The molecule has 0 amide bonds. The Bertz CT molecular complexity index is 490. The zero-order valence-corrected chi connectivity index (χ0v) is 11.1. The highest BCUT2D eigenvalue weighted by Crippen LogP contribution is 2.25. The third-order valence-corrected chi connectivity index (χ3v) is 4.42. The van der Waals surface area contributed by atoms with Gasteiger partial charge in [0.1, 0.15) is 0 Å². The fourth-order valence-electron chi connectivity index (χ4n) is 2.30. The quantitative estimate of drug-likeness (QED) is 0.918. The van der Waals surface area contributed by atoms with Gasteiger partial charge in [-0.3, -0.25) is 0 Å². The summed E-state index contributed by atoms with van der Waals surface area (Å²) in [6.07, 6.45) is 8.22. The van der Waals surface area contributed by atoms with Crippen LogP contribution in [0, 0.1) is 0 Å². The van der Waals surface area contributed by atoms with Crippen LogP contribution >= 0.6 is 11.8 Å². The van der Waals surface area contributed by atoms with Gasteiger partial charge in [-0.25, -0.2) is 4.98 Å². The van der Waals surface area contributed by atoms with E-state index in [1.807, 2.05) is 30.5 Å². The molecule has 1 saturated heterocycles. The van der Waals surface area contributed by atoms with Crippen molar-refractivity contribution in [2.24, 2.45) is 0 Å². The van der Waals surface area contributed by atoms with E-state index in [0.717, 1.165) is 0 Å². The van der Waals surface area contributed by atoms with Gasteiger partial charge in [0.25, 0.3) is 0 Å². The number of para-hydroxylation sites is 2. The minimum absolute atomic E-state index is 0.591. The summed E-state index contributed by atoms with van der Waals surface area (Å²) < 4.78 is 2.05. The van der Waals surface area contributed by atoms with Crippen LogP contribution < -0.4 is 5.32 Å². The van der Waals surface area contributed by atoms with Crippen molar-refractivity contribution in [3.63, 3.8) is 0 Å². The average Bonchev–Trinajstić information content (AvgIpc) is 2.94. The molecule has 3 nitrogen and oxygen atoms in total. The number of hydrogen-bond donors (Lipinski definition) is 1. The average molecular weight is 259 g/mol. The highest BCUT2D eigenvalue weighted by molar-refractivity contribution is 7.99. The van der Waals surface area contributed by atoms with Crippen molar-refractivity contribution in [2.45, 2.75) is 18.9 Å². The fraction of sp³-hybridized carbons (Fsp3) is 0.357. The van der Waals surface area contributed by atoms with Gasteiger partial charge >= 0.3 is 0 Å². The van der Waals surface area contributed by atoms with E-state index in [1.165, 1.54) is 35.7 Å². The third-order valence-electron chi connectivity index (χ3n) is 3.21. The van der Waals surface area contributed by atoms with E-state index in [0.29, 0.717) is 6.04 Å². The van der Waals surface area contributed by atoms with Crippen molar-refractivity contribution >= 4 is 17.4 Å². The molecule has 4 heteroatoms. The summed E-state index contributed by atoms with van der Waals surface area (Å²) in [5, 5.41) is 3.67. The normalized spacial score (nSPS) is 19.7. The molecular formula is C14H17N3S. The summed E-state index contributed by atoms with van der Waals surface area (Å²) in [7, 11) is 0. The lowest BCUT2D eigenvalue weighted by Crippen LogP contribution is -2.26. The third kappa shape index (κ3) is 2.53. The predicted octanol–water partition coefficient (Wildman–Crippen LogP) is 3.18. The molecule has 0 spiro atoms. The number of hydrogen-bond acceptors (Lipinski definition) is 3. The van der Waals surface area contributed by atoms with E-state index in [2.05, 4.69) is 39.1 Å². The lowest BCUT2D eigenvalue weighted by Gasteiger charge is -2.24. The van der Waals surface area contributed by atoms with Crippen molar-refractivity contribution in [1.82, 2.24) is 9.55 Å². The number of rotatable bonds is 3. The Morgan fingerprint density at radius 2 is 2.28 bits per heavy atom. The molecule has 94 valence electrons. The van der Waals surface area contributed by atoms with E-state index < -0.39 is 0 Å². The molecule has 0 saturated carbocycles. The molecule has 0 bridgehead atoms. The van der Waals surface area contributed by atoms with Gasteiger partial charge in [-0.2, -0.15) is 11.8 Å². The molecular weight excluding hydrogens is 242 g/mol. The van der Waals surface area contributed by atoms with Crippen molar-refractivity contribution in [3.05, 3.63) is 43.0 Å². The van der Waals surface area contributed by atoms with E-state index in [9.17, 15) is 0 Å². The van der Waals surface area contributed by atoms with E-state index in [1.54, 1.807) is 0 Å². The number of nitrogens with one attached hydrogen (secondary N) is 1. The van der Waals surface area contributed by atoms with Crippen LogP contribution in [0.5, 0.6) is 0 Å². The van der Waals surface area contributed by atoms with Crippen molar-refractivity contribution < 1.29 is 0 Å². The first-order valence-electron chi connectivity index (χ1n) is 6.35. The summed E-state index contributed by atoms with van der Waals surface area (Å²) in [5.74, 6) is 2.51. The molecule has 2 aromatic rings. The van der Waals surface area contributed by atoms with Crippen LogP contribution in [0.3, 0.4) is 0 Å². The predicted molar refractivity (Wildman–Crippen MR) is 77.5 cm³/mol. The first-order chi connectivity index (χ1) is 8.93. The SMILES string of the molecule is c1ccc(-n2ccnc2)c(NC2CCCSC2)c1. The molecule has 1 N–H and O–H groups in total. The van der Waals surface area contributed by atoms with Crippen molar-refractivity contribution in [2.75, 3.05) is 16.8 Å². The van der Waals surface area contributed by atoms with Gasteiger partial charge in [0.15, 0.2) is 0 Å². The van der Waals surface area contributed by atoms with Crippen LogP contribution in [0.15, 0.2) is 43.0 Å². The summed E-state index contributed by atoms with van der Waals surface area (Å²) >= 11 is 2.04. The van der Waals surface area contributed by atoms with Gasteiger partial charge in [0, 0.05) is 24.2 Å². The smallest absolute Gasteiger partial charge is 0.0992 e. The van der Waals surface area contributed by atoms with Gasteiger partial charge in [-0.1, -0.05) is 12.1 Å². The molecule has 3 rings (SSSR count). The van der Waals surface area contributed by atoms with Crippen LogP contribution in [0.1, 0.15) is 12.8 Å². The summed E-state index contributed by atoms with van der Waals surface area (Å²) in [5.41, 5.74) is 2.37. The standard InChI is InChI=1S/C14H17N3S/c1-2-6-14(17-8-7-15-11-17)13(5-1)16-12-4-3-9-18-10-12/h1-2,5-8,11-12,16H,3-4,9-10H2. The Morgan fingerprint density at radius 1 is 1.33 bits per heavy atom. The topological polar surface area (TPSA) is 29.9 Å². The Hall–Kier alpha value is -1.42. The maximum Gasteiger partial charge on any atom is 0.0992 e. The van der Waals surface area contributed by atoms with Crippen molar-refractivity contribution in [3.8, 4) is 5.69 Å². The lowest BCUT2D eigenvalue weighted by atomic mass is 10.1. The molecule has 1 aliphatic heterocycles. The second-order valence-electron chi connectivity index (χ2n) is 4.55. The molecule has 1 atom stereocenters. The summed E-state index contributed by atoms with van der Waals surface area (Å²) in [6.45, 7) is 0. The molecule has 0 aliphatic carbocycles. The zero-order chi connectivity index (χ0) is 12.2. The minimum Gasteiger partial charge on any atom is -0.380 e. The molecule has 1 aromatic heterocycles. The number of imidazole rings is 1. The zero-order valence-electron chi connectivity index (χ0n) is 10.2. The second-order valence-corrected chi connectivity index (χ2v) is 5.70. The van der Waals surface area contributed by atoms with Crippen LogP contribution in [0.4, 0.5) is 5.69 Å². The van der Waals surface area contributed by atoms with Crippen LogP contribution in [0.2, 0.25) is 0 Å². The van der Waals surface area contributed by atoms with Crippen LogP contribution in [-0.2, 0) is 0 Å². The van der Waals surface area contributed by atoms with Crippen molar-refractivity contribution in [1.29, 1.82) is 0 Å². The van der Waals surface area contributed by atoms with Gasteiger partial charge in [-0.05, 0) is 30.7 Å². The number of thioether (sulfide) groups is 1. The van der Waals surface area contributed by atoms with Crippen LogP contribution in [0.25, 0.3) is 5.69 Å². The Kier molecular flexibility index (Phi) is 3.55. The minimum atomic E-state index is 0.591. The first-order valence-corrected chi connectivity index (χ1v) is 7.50. The highest BCUT2D eigenvalue weighted by atomic mass is 32.2. The summed E-state index contributed by atoms with van der Waals surface area (Å²) in [6, 6.07) is 9.01. The number of nitrogens with zero attached hydrogens (tertiary/aromatic N) is 2. The van der Waals surface area contributed by atoms with E-state index in [-0.39, 0.29) is 0 Å². The summed E-state index contributed by atoms with van der Waals surface area (Å²) in [4.78, 5) is 4.12. The first kappa shape index (κ1) is 11.7.